The third-order valence-corrected chi connectivity index (χ3v) is 3.55. The SMILES string of the molecule is CCC(OC(=O)c1cccnc1)C(=O)Nc1ccc(Cl)cc1Cl. The van der Waals surface area contributed by atoms with E-state index in [0.717, 1.165) is 0 Å². The van der Waals surface area contributed by atoms with Gasteiger partial charge in [0.15, 0.2) is 6.10 Å². The van der Waals surface area contributed by atoms with E-state index in [4.69, 9.17) is 27.9 Å². The number of benzene rings is 1. The van der Waals surface area contributed by atoms with E-state index in [1.54, 1.807) is 37.4 Å². The van der Waals surface area contributed by atoms with Gasteiger partial charge < -0.3 is 10.1 Å². The highest BCUT2D eigenvalue weighted by Gasteiger charge is 2.22. The van der Waals surface area contributed by atoms with Crippen LogP contribution in [0.15, 0.2) is 42.7 Å². The van der Waals surface area contributed by atoms with E-state index in [0.29, 0.717) is 22.2 Å². The van der Waals surface area contributed by atoms with Gasteiger partial charge in [-0.1, -0.05) is 30.1 Å². The van der Waals surface area contributed by atoms with Crippen LogP contribution in [0.3, 0.4) is 0 Å². The highest BCUT2D eigenvalue weighted by Crippen LogP contribution is 2.25. The number of halogens is 2. The number of pyridine rings is 1. The Kier molecular flexibility index (Phi) is 5.96. The van der Waals surface area contributed by atoms with Crippen LogP contribution in [-0.2, 0) is 9.53 Å². The zero-order chi connectivity index (χ0) is 16.8. The Morgan fingerprint density at radius 1 is 1.30 bits per heavy atom. The first-order valence-corrected chi connectivity index (χ1v) is 7.63. The minimum absolute atomic E-state index is 0.281. The maximum Gasteiger partial charge on any atom is 0.340 e. The molecular formula is C16H14Cl2N2O3. The van der Waals surface area contributed by atoms with Gasteiger partial charge in [0.05, 0.1) is 16.3 Å². The molecule has 0 saturated heterocycles. The summed E-state index contributed by atoms with van der Waals surface area (Å²) in [5.41, 5.74) is 0.681. The number of rotatable bonds is 5. The second kappa shape index (κ2) is 7.94. The molecule has 5 nitrogen and oxygen atoms in total. The van der Waals surface area contributed by atoms with E-state index < -0.39 is 18.0 Å². The molecule has 120 valence electrons. The third-order valence-electron chi connectivity index (χ3n) is 3.00. The minimum atomic E-state index is -0.936. The minimum Gasteiger partial charge on any atom is -0.449 e. The van der Waals surface area contributed by atoms with Gasteiger partial charge in [0, 0.05) is 17.4 Å². The quantitative estimate of drug-likeness (QED) is 0.826. The molecule has 1 N–H and O–H groups in total. The predicted molar refractivity (Wildman–Crippen MR) is 88.8 cm³/mol. The van der Waals surface area contributed by atoms with Gasteiger partial charge >= 0.3 is 5.97 Å². The number of anilines is 1. The number of carbonyl (C=O) groups excluding carboxylic acids is 2. The van der Waals surface area contributed by atoms with E-state index in [-0.39, 0.29) is 5.56 Å². The molecule has 23 heavy (non-hydrogen) atoms. The van der Waals surface area contributed by atoms with Crippen LogP contribution in [0, 0.1) is 0 Å². The number of hydrogen-bond acceptors (Lipinski definition) is 4. The Balaban J connectivity index is 2.05. The molecule has 1 aromatic heterocycles. The molecule has 1 amide bonds. The Morgan fingerprint density at radius 3 is 2.70 bits per heavy atom. The number of hydrogen-bond donors (Lipinski definition) is 1. The van der Waals surface area contributed by atoms with E-state index >= 15 is 0 Å². The van der Waals surface area contributed by atoms with E-state index in [9.17, 15) is 9.59 Å². The molecule has 1 atom stereocenters. The van der Waals surface area contributed by atoms with Crippen molar-refractivity contribution >= 4 is 40.8 Å². The first-order chi connectivity index (χ1) is 11.0. The molecule has 1 aromatic carbocycles. The van der Waals surface area contributed by atoms with Gasteiger partial charge in [0.25, 0.3) is 5.91 Å². The second-order valence-electron chi connectivity index (χ2n) is 4.66. The summed E-state index contributed by atoms with van der Waals surface area (Å²) in [7, 11) is 0. The molecule has 2 rings (SSSR count). The normalized spacial score (nSPS) is 11.6. The monoisotopic (exact) mass is 352 g/mol. The van der Waals surface area contributed by atoms with Crippen LogP contribution >= 0.6 is 23.2 Å². The molecule has 0 aliphatic rings. The van der Waals surface area contributed by atoms with Crippen LogP contribution in [0.2, 0.25) is 10.0 Å². The maximum atomic E-state index is 12.3. The van der Waals surface area contributed by atoms with Crippen LogP contribution in [0.4, 0.5) is 5.69 Å². The lowest BCUT2D eigenvalue weighted by Gasteiger charge is -2.16. The van der Waals surface area contributed by atoms with Crippen molar-refractivity contribution in [3.05, 3.63) is 58.3 Å². The van der Waals surface area contributed by atoms with Crippen molar-refractivity contribution in [1.29, 1.82) is 0 Å². The topological polar surface area (TPSA) is 68.3 Å². The zero-order valence-corrected chi connectivity index (χ0v) is 13.8. The van der Waals surface area contributed by atoms with Gasteiger partial charge in [-0.2, -0.15) is 0 Å². The van der Waals surface area contributed by atoms with Crippen molar-refractivity contribution < 1.29 is 14.3 Å². The highest BCUT2D eigenvalue weighted by atomic mass is 35.5. The average Bonchev–Trinajstić information content (AvgIpc) is 2.55. The first kappa shape index (κ1) is 17.2. The summed E-state index contributed by atoms with van der Waals surface area (Å²) in [6, 6.07) is 7.88. The number of nitrogens with one attached hydrogen (secondary N) is 1. The maximum absolute atomic E-state index is 12.3. The molecule has 0 aliphatic heterocycles. The Labute approximate surface area is 143 Å². The summed E-state index contributed by atoms with van der Waals surface area (Å²) in [6.07, 6.45) is 2.31. The van der Waals surface area contributed by atoms with Gasteiger partial charge in [0.2, 0.25) is 0 Å². The fourth-order valence-corrected chi connectivity index (χ4v) is 2.26. The molecule has 7 heteroatoms. The Morgan fingerprint density at radius 2 is 2.09 bits per heavy atom. The molecule has 0 aliphatic carbocycles. The largest absolute Gasteiger partial charge is 0.449 e. The molecule has 0 bridgehead atoms. The van der Waals surface area contributed by atoms with Crippen molar-refractivity contribution in [2.45, 2.75) is 19.4 Å². The molecule has 0 radical (unpaired) electrons. The predicted octanol–water partition coefficient (Wildman–Crippen LogP) is 3.96. The van der Waals surface area contributed by atoms with E-state index in [1.165, 1.54) is 12.3 Å². The van der Waals surface area contributed by atoms with E-state index in [1.807, 2.05) is 0 Å². The third kappa shape index (κ3) is 4.68. The molecule has 0 fully saturated rings. The van der Waals surface area contributed by atoms with Crippen LogP contribution in [0.25, 0.3) is 0 Å². The lowest BCUT2D eigenvalue weighted by atomic mass is 10.2. The van der Waals surface area contributed by atoms with Gasteiger partial charge in [-0.15, -0.1) is 0 Å². The zero-order valence-electron chi connectivity index (χ0n) is 12.3. The average molecular weight is 353 g/mol. The number of nitrogens with zero attached hydrogens (tertiary/aromatic N) is 1. The van der Waals surface area contributed by atoms with Gasteiger partial charge in [-0.3, -0.25) is 9.78 Å². The lowest BCUT2D eigenvalue weighted by Crippen LogP contribution is -2.32. The highest BCUT2D eigenvalue weighted by molar-refractivity contribution is 6.36. The number of ether oxygens (including phenoxy) is 1. The van der Waals surface area contributed by atoms with E-state index in [2.05, 4.69) is 10.3 Å². The second-order valence-corrected chi connectivity index (χ2v) is 5.50. The van der Waals surface area contributed by atoms with Crippen molar-refractivity contribution in [1.82, 2.24) is 4.98 Å². The molecule has 1 heterocycles. The molecule has 1 unspecified atom stereocenters. The molecular weight excluding hydrogens is 339 g/mol. The fourth-order valence-electron chi connectivity index (χ4n) is 1.81. The Bertz CT molecular complexity index is 708. The smallest absolute Gasteiger partial charge is 0.340 e. The molecule has 0 spiro atoms. The van der Waals surface area contributed by atoms with Crippen LogP contribution in [-0.4, -0.2) is 23.0 Å². The summed E-state index contributed by atoms with van der Waals surface area (Å²) in [6.45, 7) is 1.74. The number of aromatic nitrogens is 1. The fraction of sp³-hybridized carbons (Fsp3) is 0.188. The van der Waals surface area contributed by atoms with Gasteiger partial charge in [-0.25, -0.2) is 4.79 Å². The summed E-state index contributed by atoms with van der Waals surface area (Å²) >= 11 is 11.8. The van der Waals surface area contributed by atoms with Gasteiger partial charge in [-0.05, 0) is 36.8 Å². The van der Waals surface area contributed by atoms with Crippen LogP contribution in [0.5, 0.6) is 0 Å². The van der Waals surface area contributed by atoms with Crippen molar-refractivity contribution in [2.75, 3.05) is 5.32 Å². The lowest BCUT2D eigenvalue weighted by molar-refractivity contribution is -0.124. The summed E-state index contributed by atoms with van der Waals surface area (Å²) < 4.78 is 5.22. The summed E-state index contributed by atoms with van der Waals surface area (Å²) in [4.78, 5) is 28.1. The summed E-state index contributed by atoms with van der Waals surface area (Å²) in [5.74, 6) is -1.07. The number of esters is 1. The van der Waals surface area contributed by atoms with Crippen LogP contribution in [0.1, 0.15) is 23.7 Å². The summed E-state index contributed by atoms with van der Waals surface area (Å²) in [5, 5.41) is 3.39. The van der Waals surface area contributed by atoms with Crippen LogP contribution < -0.4 is 5.32 Å². The molecule has 2 aromatic rings. The first-order valence-electron chi connectivity index (χ1n) is 6.88. The van der Waals surface area contributed by atoms with Crippen molar-refractivity contribution in [2.24, 2.45) is 0 Å². The number of amides is 1. The van der Waals surface area contributed by atoms with Crippen molar-refractivity contribution in [3.8, 4) is 0 Å². The Hall–Kier alpha value is -2.11. The molecule has 0 saturated carbocycles. The van der Waals surface area contributed by atoms with Gasteiger partial charge in [0.1, 0.15) is 0 Å². The number of carbonyl (C=O) groups is 2. The standard InChI is InChI=1S/C16H14Cl2N2O3/c1-2-14(23-16(22)10-4-3-7-19-9-10)15(21)20-13-6-5-11(17)8-12(13)18/h3-9,14H,2H2,1H3,(H,20,21). The van der Waals surface area contributed by atoms with Crippen molar-refractivity contribution in [3.63, 3.8) is 0 Å².